The van der Waals surface area contributed by atoms with Gasteiger partial charge in [-0.25, -0.2) is 14.4 Å². The van der Waals surface area contributed by atoms with Crippen molar-refractivity contribution in [1.82, 2.24) is 0 Å². The molecule has 1 aromatic rings. The van der Waals surface area contributed by atoms with Crippen molar-refractivity contribution >= 4 is 24.0 Å². The van der Waals surface area contributed by atoms with Crippen LogP contribution in [-0.2, 0) is 14.4 Å². The van der Waals surface area contributed by atoms with E-state index >= 15 is 0 Å². The summed E-state index contributed by atoms with van der Waals surface area (Å²) in [5.41, 5.74) is 0.347. The van der Waals surface area contributed by atoms with Crippen LogP contribution in [0.1, 0.15) is 5.56 Å². The van der Waals surface area contributed by atoms with Gasteiger partial charge >= 0.3 is 17.9 Å². The zero-order valence-corrected chi connectivity index (χ0v) is 13.9. The maximum atomic E-state index is 11.8. The Morgan fingerprint density at radius 1 is 1.00 bits per heavy atom. The Morgan fingerprint density at radius 2 is 1.59 bits per heavy atom. The first-order valence-corrected chi connectivity index (χ1v) is 7.34. The van der Waals surface area contributed by atoms with Gasteiger partial charge in [0, 0.05) is 17.7 Å². The van der Waals surface area contributed by atoms with E-state index in [4.69, 9.17) is 24.8 Å². The Kier molecular flexibility index (Phi) is 7.87. The molecule has 0 aliphatic carbocycles. The lowest BCUT2D eigenvalue weighted by molar-refractivity contribution is -0.171. The molecule has 4 atom stereocenters. The van der Waals surface area contributed by atoms with E-state index in [9.17, 15) is 29.7 Å². The molecule has 0 saturated heterocycles. The van der Waals surface area contributed by atoms with Crippen LogP contribution in [0, 0.1) is 0 Å². The van der Waals surface area contributed by atoms with Crippen molar-refractivity contribution in [3.8, 4) is 11.5 Å². The van der Waals surface area contributed by atoms with Crippen molar-refractivity contribution < 1.29 is 54.5 Å². The number of esters is 1. The molecule has 1 aromatic carbocycles. The van der Waals surface area contributed by atoms with Gasteiger partial charge in [-0.3, -0.25) is 0 Å². The monoisotopic (exact) mass is 386 g/mol. The van der Waals surface area contributed by atoms with E-state index in [0.717, 1.165) is 6.08 Å². The molecule has 0 heterocycles. The molecular weight excluding hydrogens is 368 g/mol. The minimum absolute atomic E-state index is 0.133. The smallest absolute Gasteiger partial charge is 0.343 e. The normalized spacial score (nSPS) is 15.6. The van der Waals surface area contributed by atoms with Gasteiger partial charge < -0.3 is 40.1 Å². The molecule has 0 fully saturated rings. The van der Waals surface area contributed by atoms with E-state index in [-0.39, 0.29) is 11.5 Å². The molecule has 11 heteroatoms. The molecule has 0 spiro atoms. The molecule has 0 saturated carbocycles. The molecule has 0 bridgehead atoms. The lowest BCUT2D eigenvalue weighted by Gasteiger charge is -2.23. The van der Waals surface area contributed by atoms with Crippen LogP contribution in [0.25, 0.3) is 6.08 Å². The number of methoxy groups -OCH3 is 1. The van der Waals surface area contributed by atoms with Gasteiger partial charge in [0.15, 0.2) is 12.2 Å². The topological polar surface area (TPSA) is 191 Å². The highest BCUT2D eigenvalue weighted by molar-refractivity contribution is 5.86. The third kappa shape index (κ3) is 6.04. The molecule has 27 heavy (non-hydrogen) atoms. The summed E-state index contributed by atoms with van der Waals surface area (Å²) in [5, 5.41) is 55.0. The fourth-order valence-corrected chi connectivity index (χ4v) is 1.89. The van der Waals surface area contributed by atoms with Crippen LogP contribution in [0.3, 0.4) is 0 Å². The Balaban J connectivity index is 2.89. The number of ether oxygens (including phenoxy) is 2. The number of hydrogen-bond acceptors (Lipinski definition) is 9. The van der Waals surface area contributed by atoms with E-state index < -0.39 is 42.3 Å². The van der Waals surface area contributed by atoms with Crippen LogP contribution in [-0.4, -0.2) is 80.1 Å². The van der Waals surface area contributed by atoms with Crippen LogP contribution in [0.2, 0.25) is 0 Å². The second kappa shape index (κ2) is 9.64. The van der Waals surface area contributed by atoms with Crippen molar-refractivity contribution in [2.24, 2.45) is 0 Å². The van der Waals surface area contributed by atoms with Crippen molar-refractivity contribution in [2.45, 2.75) is 24.4 Å². The Labute approximate surface area is 152 Å². The van der Waals surface area contributed by atoms with E-state index in [1.54, 1.807) is 0 Å². The highest BCUT2D eigenvalue weighted by atomic mass is 16.6. The van der Waals surface area contributed by atoms with Crippen LogP contribution in [0.5, 0.6) is 11.5 Å². The largest absolute Gasteiger partial charge is 0.496 e. The second-order valence-corrected chi connectivity index (χ2v) is 5.21. The van der Waals surface area contributed by atoms with Gasteiger partial charge in [0.25, 0.3) is 0 Å². The molecule has 0 aromatic heterocycles. The number of benzene rings is 1. The molecule has 6 N–H and O–H groups in total. The molecule has 148 valence electrons. The van der Waals surface area contributed by atoms with Gasteiger partial charge in [0.1, 0.15) is 23.7 Å². The molecule has 1 rings (SSSR count). The standard InChI is InChI=1S/C16H18O11/c1-26-9-6-8(4-2-7(9)3-5-10(17)18)27-16(25)14(22)12(20)11(19)13(21)15(23)24/h2-6,11-14,19-22H,1H3,(H,17,18)(H,23,24)/b5-3+/t11-,12+,13+,14-/m0/s1. The van der Waals surface area contributed by atoms with Crippen LogP contribution in [0.4, 0.5) is 0 Å². The van der Waals surface area contributed by atoms with Gasteiger partial charge in [-0.15, -0.1) is 0 Å². The number of aliphatic hydroxyl groups is 4. The highest BCUT2D eigenvalue weighted by Gasteiger charge is 2.38. The number of aliphatic hydroxyl groups excluding tert-OH is 4. The van der Waals surface area contributed by atoms with E-state index in [1.165, 1.54) is 31.4 Å². The minimum Gasteiger partial charge on any atom is -0.496 e. The zero-order chi connectivity index (χ0) is 20.7. The first kappa shape index (κ1) is 22.1. The molecule has 11 nitrogen and oxygen atoms in total. The average Bonchev–Trinajstić information content (AvgIpc) is 2.63. The summed E-state index contributed by atoms with van der Waals surface area (Å²) in [4.78, 5) is 32.9. The average molecular weight is 386 g/mol. The Morgan fingerprint density at radius 3 is 2.11 bits per heavy atom. The molecule has 0 aliphatic heterocycles. The number of carbonyl (C=O) groups is 3. The molecule has 0 radical (unpaired) electrons. The third-order valence-corrected chi connectivity index (χ3v) is 3.32. The van der Waals surface area contributed by atoms with E-state index in [1.807, 2.05) is 0 Å². The first-order valence-electron chi connectivity index (χ1n) is 7.34. The van der Waals surface area contributed by atoms with Crippen molar-refractivity contribution in [3.05, 3.63) is 29.8 Å². The van der Waals surface area contributed by atoms with Gasteiger partial charge in [-0.2, -0.15) is 0 Å². The van der Waals surface area contributed by atoms with Crippen LogP contribution < -0.4 is 9.47 Å². The zero-order valence-electron chi connectivity index (χ0n) is 13.9. The number of aliphatic carboxylic acids is 2. The Bertz CT molecular complexity index is 727. The second-order valence-electron chi connectivity index (χ2n) is 5.21. The maximum Gasteiger partial charge on any atom is 0.343 e. The molecule has 0 unspecified atom stereocenters. The summed E-state index contributed by atoms with van der Waals surface area (Å²) in [6.45, 7) is 0. The number of rotatable bonds is 9. The fourth-order valence-electron chi connectivity index (χ4n) is 1.89. The third-order valence-electron chi connectivity index (χ3n) is 3.32. The van der Waals surface area contributed by atoms with Crippen molar-refractivity contribution in [1.29, 1.82) is 0 Å². The van der Waals surface area contributed by atoms with Crippen molar-refractivity contribution in [2.75, 3.05) is 7.11 Å². The summed E-state index contributed by atoms with van der Waals surface area (Å²) in [7, 11) is 1.28. The van der Waals surface area contributed by atoms with Crippen molar-refractivity contribution in [3.63, 3.8) is 0 Å². The van der Waals surface area contributed by atoms with Gasteiger partial charge in [-0.05, 0) is 18.2 Å². The fraction of sp³-hybridized carbons (Fsp3) is 0.312. The number of hydrogen-bond donors (Lipinski definition) is 6. The van der Waals surface area contributed by atoms with Gasteiger partial charge in [0.05, 0.1) is 7.11 Å². The summed E-state index contributed by atoms with van der Waals surface area (Å²) in [6.07, 6.45) is -7.37. The van der Waals surface area contributed by atoms with Crippen LogP contribution in [0.15, 0.2) is 24.3 Å². The summed E-state index contributed by atoms with van der Waals surface area (Å²) < 4.78 is 9.82. The Hall–Kier alpha value is -2.99. The summed E-state index contributed by atoms with van der Waals surface area (Å²) in [5.74, 6) is -4.50. The van der Waals surface area contributed by atoms with E-state index in [0.29, 0.717) is 5.56 Å². The number of carboxylic acids is 2. The SMILES string of the molecule is COc1cc(OC(=O)[C@@H](O)[C@H](O)[C@H](O)[C@@H](O)C(=O)O)ccc1/C=C/C(=O)O. The van der Waals surface area contributed by atoms with Gasteiger partial charge in [0.2, 0.25) is 0 Å². The first-order chi connectivity index (χ1) is 12.6. The summed E-state index contributed by atoms with van der Waals surface area (Å²) >= 11 is 0. The van der Waals surface area contributed by atoms with E-state index in [2.05, 4.69) is 0 Å². The lowest BCUT2D eigenvalue weighted by Crippen LogP contribution is -2.50. The lowest BCUT2D eigenvalue weighted by atomic mass is 10.0. The molecule has 0 amide bonds. The minimum atomic E-state index is -2.43. The quantitative estimate of drug-likeness (QED) is 0.160. The number of carboxylic acid groups (broad SMARTS) is 2. The predicted octanol–water partition coefficient (Wildman–Crippen LogP) is -1.77. The molecular formula is C16H18O11. The summed E-state index contributed by atoms with van der Waals surface area (Å²) in [6, 6.07) is 3.79. The van der Waals surface area contributed by atoms with Gasteiger partial charge in [-0.1, -0.05) is 0 Å². The maximum absolute atomic E-state index is 11.8. The molecule has 0 aliphatic rings. The van der Waals surface area contributed by atoms with Crippen LogP contribution >= 0.6 is 0 Å². The predicted molar refractivity (Wildman–Crippen MR) is 87.0 cm³/mol. The highest BCUT2D eigenvalue weighted by Crippen LogP contribution is 2.26. The number of carbonyl (C=O) groups excluding carboxylic acids is 1.